The van der Waals surface area contributed by atoms with Gasteiger partial charge >= 0.3 is 0 Å². The SMILES string of the molecule is CCc1ccc(C(=O)c2cn(CC(=O)Nc3ccc(C)c(Cl)c3)c3ccc(CC)cc3c2=O)cc1. The summed E-state index contributed by atoms with van der Waals surface area (Å²) in [5, 5.41) is 3.83. The molecule has 0 bridgehead atoms. The molecular weight excluding hydrogens is 460 g/mol. The fraction of sp³-hybridized carbons (Fsp3) is 0.207. The van der Waals surface area contributed by atoms with Crippen molar-refractivity contribution >= 4 is 39.9 Å². The Morgan fingerprint density at radius 3 is 2.26 bits per heavy atom. The molecule has 1 amide bonds. The molecule has 0 saturated carbocycles. The van der Waals surface area contributed by atoms with E-state index in [0.717, 1.165) is 29.5 Å². The normalized spacial score (nSPS) is 11.0. The zero-order chi connectivity index (χ0) is 25.1. The molecule has 0 aliphatic rings. The van der Waals surface area contributed by atoms with Crippen molar-refractivity contribution in [3.05, 3.63) is 110 Å². The Labute approximate surface area is 209 Å². The molecule has 0 aliphatic heterocycles. The van der Waals surface area contributed by atoms with Gasteiger partial charge in [0.25, 0.3) is 0 Å². The van der Waals surface area contributed by atoms with Crippen LogP contribution < -0.4 is 10.7 Å². The number of carbonyl (C=O) groups is 2. The van der Waals surface area contributed by atoms with Gasteiger partial charge in [-0.3, -0.25) is 14.4 Å². The number of aromatic nitrogens is 1. The van der Waals surface area contributed by atoms with E-state index in [1.165, 1.54) is 6.20 Å². The minimum absolute atomic E-state index is 0.0428. The first-order valence-corrected chi connectivity index (χ1v) is 12.0. The van der Waals surface area contributed by atoms with Gasteiger partial charge in [0, 0.05) is 27.9 Å². The van der Waals surface area contributed by atoms with Crippen LogP contribution in [0.5, 0.6) is 0 Å². The maximum atomic E-state index is 13.4. The van der Waals surface area contributed by atoms with Gasteiger partial charge in [-0.25, -0.2) is 0 Å². The molecule has 0 fully saturated rings. The number of anilines is 1. The van der Waals surface area contributed by atoms with Gasteiger partial charge in [-0.1, -0.05) is 61.8 Å². The number of amides is 1. The van der Waals surface area contributed by atoms with Crippen LogP contribution in [0.25, 0.3) is 10.9 Å². The van der Waals surface area contributed by atoms with Crippen LogP contribution in [0, 0.1) is 6.92 Å². The lowest BCUT2D eigenvalue weighted by atomic mass is 9.99. The van der Waals surface area contributed by atoms with Crippen LogP contribution in [0.1, 0.15) is 46.5 Å². The Balaban J connectivity index is 1.75. The van der Waals surface area contributed by atoms with Crippen molar-refractivity contribution in [2.24, 2.45) is 0 Å². The second-order valence-electron chi connectivity index (χ2n) is 8.60. The molecule has 1 N–H and O–H groups in total. The van der Waals surface area contributed by atoms with Crippen LogP contribution in [0.15, 0.2) is 71.7 Å². The molecule has 6 heteroatoms. The summed E-state index contributed by atoms with van der Waals surface area (Å²) in [5.41, 5.74) is 4.34. The van der Waals surface area contributed by atoms with Gasteiger partial charge in [-0.2, -0.15) is 0 Å². The smallest absolute Gasteiger partial charge is 0.244 e. The molecule has 3 aromatic carbocycles. The second-order valence-corrected chi connectivity index (χ2v) is 9.00. The molecule has 4 aromatic rings. The van der Waals surface area contributed by atoms with Crippen LogP contribution in [-0.4, -0.2) is 16.3 Å². The first-order valence-electron chi connectivity index (χ1n) is 11.7. The van der Waals surface area contributed by atoms with Crippen LogP contribution in [0.2, 0.25) is 5.02 Å². The zero-order valence-corrected chi connectivity index (χ0v) is 20.8. The monoisotopic (exact) mass is 486 g/mol. The van der Waals surface area contributed by atoms with E-state index in [9.17, 15) is 14.4 Å². The Morgan fingerprint density at radius 2 is 1.60 bits per heavy atom. The molecule has 5 nitrogen and oxygen atoms in total. The van der Waals surface area contributed by atoms with Crippen LogP contribution in [0.4, 0.5) is 5.69 Å². The highest BCUT2D eigenvalue weighted by Crippen LogP contribution is 2.21. The lowest BCUT2D eigenvalue weighted by Crippen LogP contribution is -2.24. The highest BCUT2D eigenvalue weighted by Gasteiger charge is 2.19. The minimum Gasteiger partial charge on any atom is -0.337 e. The topological polar surface area (TPSA) is 68.2 Å². The molecular formula is C29H27ClN2O3. The summed E-state index contributed by atoms with van der Waals surface area (Å²) in [7, 11) is 0. The molecule has 35 heavy (non-hydrogen) atoms. The first-order chi connectivity index (χ1) is 16.8. The van der Waals surface area contributed by atoms with Crippen molar-refractivity contribution in [1.82, 2.24) is 4.57 Å². The third kappa shape index (κ3) is 5.20. The molecule has 4 rings (SSSR count). The van der Waals surface area contributed by atoms with E-state index < -0.39 is 0 Å². The van der Waals surface area contributed by atoms with Crippen molar-refractivity contribution in [2.45, 2.75) is 40.2 Å². The van der Waals surface area contributed by atoms with E-state index in [1.807, 2.05) is 57.2 Å². The summed E-state index contributed by atoms with van der Waals surface area (Å²) in [4.78, 5) is 39.6. The lowest BCUT2D eigenvalue weighted by molar-refractivity contribution is -0.116. The standard InChI is InChI=1S/C29H27ClN2O3/c1-4-19-7-10-21(11-8-19)28(34)24-16-32(26-13-9-20(5-2)14-23(26)29(24)35)17-27(33)31-22-12-6-18(3)25(30)15-22/h6-16H,4-5,17H2,1-3H3,(H,31,33). The van der Waals surface area contributed by atoms with Crippen molar-refractivity contribution in [1.29, 1.82) is 0 Å². The zero-order valence-electron chi connectivity index (χ0n) is 20.0. The average Bonchev–Trinajstić information content (AvgIpc) is 2.87. The Hall–Kier alpha value is -3.70. The highest BCUT2D eigenvalue weighted by molar-refractivity contribution is 6.31. The summed E-state index contributed by atoms with van der Waals surface area (Å²) < 4.78 is 1.66. The third-order valence-corrected chi connectivity index (χ3v) is 6.60. The van der Waals surface area contributed by atoms with Gasteiger partial charge in [0.2, 0.25) is 11.3 Å². The van der Waals surface area contributed by atoms with Gasteiger partial charge in [0.05, 0.1) is 11.1 Å². The first kappa shape index (κ1) is 24.4. The van der Waals surface area contributed by atoms with Crippen LogP contribution in [0.3, 0.4) is 0 Å². The minimum atomic E-state index is -0.360. The number of aryl methyl sites for hydroxylation is 3. The van der Waals surface area contributed by atoms with Crippen molar-refractivity contribution in [2.75, 3.05) is 5.32 Å². The molecule has 1 heterocycles. The summed E-state index contributed by atoms with van der Waals surface area (Å²) in [5.74, 6) is -0.652. The maximum Gasteiger partial charge on any atom is 0.244 e. The molecule has 0 saturated heterocycles. The van der Waals surface area contributed by atoms with Crippen LogP contribution in [-0.2, 0) is 24.2 Å². The summed E-state index contributed by atoms with van der Waals surface area (Å²) in [6.07, 6.45) is 3.10. The molecule has 1 aromatic heterocycles. The molecule has 0 aliphatic carbocycles. The summed E-state index contributed by atoms with van der Waals surface area (Å²) >= 11 is 6.19. The molecule has 0 spiro atoms. The molecule has 0 atom stereocenters. The predicted octanol–water partition coefficient (Wildman–Crippen LogP) is 5.96. The number of hydrogen-bond donors (Lipinski definition) is 1. The van der Waals surface area contributed by atoms with Crippen molar-refractivity contribution < 1.29 is 9.59 Å². The second kappa shape index (κ2) is 10.3. The van der Waals surface area contributed by atoms with Crippen molar-refractivity contribution in [3.8, 4) is 0 Å². The lowest BCUT2D eigenvalue weighted by Gasteiger charge is -2.14. The van der Waals surface area contributed by atoms with E-state index in [-0.39, 0.29) is 29.2 Å². The van der Waals surface area contributed by atoms with Crippen LogP contribution >= 0.6 is 11.6 Å². The van der Waals surface area contributed by atoms with E-state index in [2.05, 4.69) is 5.32 Å². The molecule has 0 unspecified atom stereocenters. The Kier molecular flexibility index (Phi) is 7.17. The number of nitrogens with one attached hydrogen (secondary N) is 1. The van der Waals surface area contributed by atoms with Gasteiger partial charge < -0.3 is 9.88 Å². The number of ketones is 1. The summed E-state index contributed by atoms with van der Waals surface area (Å²) in [6.45, 7) is 5.87. The average molecular weight is 487 g/mol. The van der Waals surface area contributed by atoms with E-state index in [1.54, 1.807) is 28.8 Å². The van der Waals surface area contributed by atoms with E-state index >= 15 is 0 Å². The third-order valence-electron chi connectivity index (χ3n) is 6.19. The number of hydrogen-bond acceptors (Lipinski definition) is 3. The van der Waals surface area contributed by atoms with E-state index in [4.69, 9.17) is 11.6 Å². The summed E-state index contributed by atoms with van der Waals surface area (Å²) in [6, 6.07) is 18.1. The van der Waals surface area contributed by atoms with Gasteiger partial charge in [-0.05, 0) is 60.7 Å². The highest BCUT2D eigenvalue weighted by atomic mass is 35.5. The number of pyridine rings is 1. The number of carbonyl (C=O) groups excluding carboxylic acids is 2. The predicted molar refractivity (Wildman–Crippen MR) is 142 cm³/mol. The fourth-order valence-electron chi connectivity index (χ4n) is 4.03. The maximum absolute atomic E-state index is 13.4. The number of halogens is 1. The van der Waals surface area contributed by atoms with Gasteiger partial charge in [-0.15, -0.1) is 0 Å². The number of fused-ring (bicyclic) bond motifs is 1. The fourth-order valence-corrected chi connectivity index (χ4v) is 4.21. The molecule has 178 valence electrons. The Morgan fingerprint density at radius 1 is 0.914 bits per heavy atom. The van der Waals surface area contributed by atoms with Gasteiger partial charge in [0.1, 0.15) is 6.54 Å². The molecule has 0 radical (unpaired) electrons. The number of nitrogens with zero attached hydrogens (tertiary/aromatic N) is 1. The van der Waals surface area contributed by atoms with Crippen molar-refractivity contribution in [3.63, 3.8) is 0 Å². The quantitative estimate of drug-likeness (QED) is 0.328. The Bertz CT molecular complexity index is 1490. The largest absolute Gasteiger partial charge is 0.337 e. The van der Waals surface area contributed by atoms with E-state index in [0.29, 0.717) is 27.2 Å². The number of benzene rings is 3. The van der Waals surface area contributed by atoms with Gasteiger partial charge in [0.15, 0.2) is 5.78 Å². The number of rotatable bonds is 7.